The van der Waals surface area contributed by atoms with Crippen molar-refractivity contribution in [3.05, 3.63) is 41.2 Å². The summed E-state index contributed by atoms with van der Waals surface area (Å²) < 4.78 is 12.9. The number of nitrogens with zero attached hydrogens (tertiary/aromatic N) is 3. The van der Waals surface area contributed by atoms with Crippen LogP contribution in [0, 0.1) is 6.92 Å². The molecule has 0 bridgehead atoms. The second-order valence-corrected chi connectivity index (χ2v) is 8.45. The van der Waals surface area contributed by atoms with E-state index in [1.165, 1.54) is 11.1 Å². The monoisotopic (exact) mass is 424 g/mol. The Bertz CT molecular complexity index is 1030. The molecule has 0 aliphatic heterocycles. The van der Waals surface area contributed by atoms with Crippen molar-refractivity contribution in [1.82, 2.24) is 14.5 Å². The van der Waals surface area contributed by atoms with Crippen LogP contribution < -0.4 is 5.32 Å². The molecule has 0 saturated carbocycles. The molecule has 0 fully saturated rings. The van der Waals surface area contributed by atoms with Crippen LogP contribution in [0.2, 0.25) is 0 Å². The SMILES string of the molecule is CCc1cc2c(nc1-c1ccc(C(C)C)nc1NCCOC)c(C)cn2[C@@H](C)COC. The fraction of sp³-hybridized carbons (Fsp3) is 0.520. The van der Waals surface area contributed by atoms with Crippen LogP contribution in [0.15, 0.2) is 24.4 Å². The zero-order valence-corrected chi connectivity index (χ0v) is 20.0. The first-order valence-electron chi connectivity index (χ1n) is 11.1. The van der Waals surface area contributed by atoms with E-state index < -0.39 is 0 Å². The molecule has 168 valence electrons. The van der Waals surface area contributed by atoms with Crippen molar-refractivity contribution in [3.63, 3.8) is 0 Å². The van der Waals surface area contributed by atoms with Gasteiger partial charge in [0.15, 0.2) is 0 Å². The van der Waals surface area contributed by atoms with E-state index in [1.54, 1.807) is 14.2 Å². The van der Waals surface area contributed by atoms with Gasteiger partial charge in [0.1, 0.15) is 5.82 Å². The van der Waals surface area contributed by atoms with Crippen molar-refractivity contribution in [2.24, 2.45) is 0 Å². The minimum Gasteiger partial charge on any atom is -0.383 e. The van der Waals surface area contributed by atoms with Gasteiger partial charge in [0, 0.05) is 38.2 Å². The number of hydrogen-bond acceptors (Lipinski definition) is 5. The maximum Gasteiger partial charge on any atom is 0.135 e. The van der Waals surface area contributed by atoms with Crippen molar-refractivity contribution in [2.75, 3.05) is 39.3 Å². The van der Waals surface area contributed by atoms with E-state index in [9.17, 15) is 0 Å². The van der Waals surface area contributed by atoms with E-state index in [0.717, 1.165) is 40.2 Å². The molecule has 0 spiro atoms. The Morgan fingerprint density at radius 1 is 1.10 bits per heavy atom. The highest BCUT2D eigenvalue weighted by Crippen LogP contribution is 2.34. The Balaban J connectivity index is 2.16. The van der Waals surface area contributed by atoms with Crippen LogP contribution in [0.1, 0.15) is 56.5 Å². The minimum absolute atomic E-state index is 0.247. The summed E-state index contributed by atoms with van der Waals surface area (Å²) in [6.07, 6.45) is 3.08. The molecule has 1 atom stereocenters. The second-order valence-electron chi connectivity index (χ2n) is 8.45. The van der Waals surface area contributed by atoms with Crippen molar-refractivity contribution < 1.29 is 9.47 Å². The molecule has 6 heteroatoms. The average molecular weight is 425 g/mol. The summed E-state index contributed by atoms with van der Waals surface area (Å²) in [5.74, 6) is 1.23. The maximum atomic E-state index is 5.39. The first-order chi connectivity index (χ1) is 14.9. The molecule has 3 aromatic heterocycles. The van der Waals surface area contributed by atoms with Gasteiger partial charge in [-0.2, -0.15) is 0 Å². The highest BCUT2D eigenvalue weighted by atomic mass is 16.5. The number of nitrogens with one attached hydrogen (secondary N) is 1. The fourth-order valence-corrected chi connectivity index (χ4v) is 3.95. The van der Waals surface area contributed by atoms with E-state index in [2.05, 4.69) is 68.9 Å². The molecule has 1 N–H and O–H groups in total. The molecule has 0 unspecified atom stereocenters. The summed E-state index contributed by atoms with van der Waals surface area (Å²) in [5, 5.41) is 3.46. The van der Waals surface area contributed by atoms with Crippen molar-refractivity contribution in [1.29, 1.82) is 0 Å². The van der Waals surface area contributed by atoms with Gasteiger partial charge in [0.2, 0.25) is 0 Å². The third-order valence-corrected chi connectivity index (χ3v) is 5.69. The number of rotatable bonds is 10. The van der Waals surface area contributed by atoms with Crippen molar-refractivity contribution in [2.45, 2.75) is 53.0 Å². The van der Waals surface area contributed by atoms with Gasteiger partial charge < -0.3 is 19.4 Å². The summed E-state index contributed by atoms with van der Waals surface area (Å²) in [4.78, 5) is 10.1. The molecule has 0 aromatic carbocycles. The van der Waals surface area contributed by atoms with Gasteiger partial charge in [-0.15, -0.1) is 0 Å². The van der Waals surface area contributed by atoms with E-state index >= 15 is 0 Å². The van der Waals surface area contributed by atoms with Gasteiger partial charge in [0.05, 0.1) is 36.0 Å². The number of methoxy groups -OCH3 is 2. The summed E-state index contributed by atoms with van der Waals surface area (Å²) in [6.45, 7) is 12.8. The topological polar surface area (TPSA) is 61.2 Å². The molecule has 0 amide bonds. The van der Waals surface area contributed by atoms with E-state index in [0.29, 0.717) is 25.7 Å². The lowest BCUT2D eigenvalue weighted by Crippen LogP contribution is -2.12. The number of fused-ring (bicyclic) bond motifs is 1. The second kappa shape index (κ2) is 10.2. The predicted octanol–water partition coefficient (Wildman–Crippen LogP) is 5.36. The molecule has 0 aliphatic rings. The van der Waals surface area contributed by atoms with Gasteiger partial charge in [-0.25, -0.2) is 9.97 Å². The molecular weight excluding hydrogens is 388 g/mol. The molecule has 3 aromatic rings. The van der Waals surface area contributed by atoms with Gasteiger partial charge in [-0.05, 0) is 55.5 Å². The minimum atomic E-state index is 0.247. The highest BCUT2D eigenvalue weighted by Gasteiger charge is 2.19. The smallest absolute Gasteiger partial charge is 0.135 e. The summed E-state index contributed by atoms with van der Waals surface area (Å²) >= 11 is 0. The number of pyridine rings is 2. The lowest BCUT2D eigenvalue weighted by molar-refractivity contribution is 0.164. The Morgan fingerprint density at radius 3 is 2.52 bits per heavy atom. The number of anilines is 1. The van der Waals surface area contributed by atoms with Crippen LogP contribution in [0.5, 0.6) is 0 Å². The molecule has 3 heterocycles. The Labute approximate surface area is 186 Å². The third-order valence-electron chi connectivity index (χ3n) is 5.69. The number of aryl methyl sites for hydroxylation is 2. The molecule has 0 radical (unpaired) electrons. The molecule has 31 heavy (non-hydrogen) atoms. The Hall–Kier alpha value is -2.44. The molecular formula is C25H36N4O2. The van der Waals surface area contributed by atoms with Crippen LogP contribution in [-0.2, 0) is 15.9 Å². The first-order valence-corrected chi connectivity index (χ1v) is 11.1. The van der Waals surface area contributed by atoms with Gasteiger partial charge in [0.25, 0.3) is 0 Å². The van der Waals surface area contributed by atoms with Crippen molar-refractivity contribution >= 4 is 16.9 Å². The quantitative estimate of drug-likeness (QED) is 0.444. The van der Waals surface area contributed by atoms with Crippen LogP contribution in [0.4, 0.5) is 5.82 Å². The van der Waals surface area contributed by atoms with Crippen LogP contribution in [-0.4, -0.2) is 48.5 Å². The zero-order chi connectivity index (χ0) is 22.5. The fourth-order valence-electron chi connectivity index (χ4n) is 3.95. The molecule has 0 aliphatic carbocycles. The summed E-state index contributed by atoms with van der Waals surface area (Å²) in [5.41, 5.74) is 7.68. The van der Waals surface area contributed by atoms with E-state index in [-0.39, 0.29) is 6.04 Å². The Kier molecular flexibility index (Phi) is 7.68. The lowest BCUT2D eigenvalue weighted by Gasteiger charge is -2.17. The summed E-state index contributed by atoms with van der Waals surface area (Å²) in [7, 11) is 3.46. The number of aromatic nitrogens is 3. The Morgan fingerprint density at radius 2 is 1.87 bits per heavy atom. The van der Waals surface area contributed by atoms with Crippen LogP contribution in [0.3, 0.4) is 0 Å². The van der Waals surface area contributed by atoms with E-state index in [4.69, 9.17) is 19.4 Å². The van der Waals surface area contributed by atoms with E-state index in [1.807, 2.05) is 0 Å². The van der Waals surface area contributed by atoms with Gasteiger partial charge in [-0.1, -0.05) is 20.8 Å². The van der Waals surface area contributed by atoms with Gasteiger partial charge >= 0.3 is 0 Å². The zero-order valence-electron chi connectivity index (χ0n) is 20.0. The third kappa shape index (κ3) is 4.91. The molecule has 0 saturated heterocycles. The molecule has 3 rings (SSSR count). The summed E-state index contributed by atoms with van der Waals surface area (Å²) in [6, 6.07) is 6.80. The largest absolute Gasteiger partial charge is 0.383 e. The predicted molar refractivity (Wildman–Crippen MR) is 128 cm³/mol. The highest BCUT2D eigenvalue weighted by molar-refractivity contribution is 5.86. The van der Waals surface area contributed by atoms with Gasteiger partial charge in [-0.3, -0.25) is 0 Å². The van der Waals surface area contributed by atoms with Crippen molar-refractivity contribution in [3.8, 4) is 11.3 Å². The average Bonchev–Trinajstić information content (AvgIpc) is 3.08. The molecule has 6 nitrogen and oxygen atoms in total. The first kappa shape index (κ1) is 23.2. The normalized spacial score (nSPS) is 12.6. The lowest BCUT2D eigenvalue weighted by atomic mass is 10.0. The standard InChI is InChI=1S/C25H36N4O2/c1-8-19-13-22-23(17(4)14-29(22)18(5)15-31-7)28-24(19)20-9-10-21(16(2)3)27-25(20)26-11-12-30-6/h9-10,13-14,16,18H,8,11-12,15H2,1-7H3,(H,26,27)/t18-/m0/s1. The maximum absolute atomic E-state index is 5.39. The number of hydrogen-bond donors (Lipinski definition) is 1. The van der Waals surface area contributed by atoms with Crippen LogP contribution >= 0.6 is 0 Å². The van der Waals surface area contributed by atoms with Crippen LogP contribution in [0.25, 0.3) is 22.3 Å². The number of ether oxygens (including phenoxy) is 2.